The van der Waals surface area contributed by atoms with E-state index < -0.39 is 21.7 Å². The number of carbonyl (C=O) groups is 1. The molecule has 2 aromatic rings. The molecule has 25 heavy (non-hydrogen) atoms. The lowest BCUT2D eigenvalue weighted by molar-refractivity contribution is 0.102. The van der Waals surface area contributed by atoms with Crippen LogP contribution < -0.4 is 10.0 Å². The molecule has 134 valence electrons. The fraction of sp³-hybridized carbons (Fsp3) is 0.278. The number of nitrogens with one attached hydrogen (secondary N) is 2. The van der Waals surface area contributed by atoms with E-state index in [1.165, 1.54) is 42.5 Å². The Bertz CT molecular complexity index is 851. The maximum Gasteiger partial charge on any atom is 0.255 e. The van der Waals surface area contributed by atoms with Crippen LogP contribution >= 0.6 is 0 Å². The van der Waals surface area contributed by atoms with E-state index in [1.54, 1.807) is 6.07 Å². The zero-order valence-corrected chi connectivity index (χ0v) is 14.9. The number of anilines is 1. The zero-order valence-electron chi connectivity index (χ0n) is 14.1. The van der Waals surface area contributed by atoms with Crippen molar-refractivity contribution in [3.05, 3.63) is 59.9 Å². The highest BCUT2D eigenvalue weighted by molar-refractivity contribution is 7.89. The van der Waals surface area contributed by atoms with Crippen LogP contribution in [0.15, 0.2) is 53.4 Å². The van der Waals surface area contributed by atoms with E-state index in [0.29, 0.717) is 18.9 Å². The van der Waals surface area contributed by atoms with Crippen molar-refractivity contribution in [2.75, 3.05) is 11.9 Å². The second kappa shape index (κ2) is 8.22. The average molecular weight is 364 g/mol. The molecular weight excluding hydrogens is 343 g/mol. The lowest BCUT2D eigenvalue weighted by Gasteiger charge is -2.10. The Hall–Kier alpha value is -2.25. The van der Waals surface area contributed by atoms with Crippen LogP contribution in [0.1, 0.15) is 30.6 Å². The first kappa shape index (κ1) is 19.1. The minimum absolute atomic E-state index is 0.00237. The van der Waals surface area contributed by atoms with Gasteiger partial charge in [0.2, 0.25) is 10.0 Å². The van der Waals surface area contributed by atoms with Gasteiger partial charge in [0.1, 0.15) is 5.82 Å². The van der Waals surface area contributed by atoms with E-state index in [-0.39, 0.29) is 16.1 Å². The maximum atomic E-state index is 13.6. The van der Waals surface area contributed by atoms with Crippen molar-refractivity contribution < 1.29 is 17.6 Å². The Morgan fingerprint density at radius 2 is 1.84 bits per heavy atom. The first-order valence-corrected chi connectivity index (χ1v) is 9.43. The van der Waals surface area contributed by atoms with Crippen LogP contribution in [0.4, 0.5) is 10.1 Å². The van der Waals surface area contributed by atoms with Crippen LogP contribution in [0.2, 0.25) is 0 Å². The van der Waals surface area contributed by atoms with Gasteiger partial charge in [-0.2, -0.15) is 0 Å². The van der Waals surface area contributed by atoms with Gasteiger partial charge in [-0.25, -0.2) is 17.5 Å². The van der Waals surface area contributed by atoms with Gasteiger partial charge in [-0.15, -0.1) is 0 Å². The van der Waals surface area contributed by atoms with Crippen molar-refractivity contribution in [2.45, 2.75) is 25.2 Å². The predicted octanol–water partition coefficient (Wildman–Crippen LogP) is 3.40. The van der Waals surface area contributed by atoms with Gasteiger partial charge in [0.25, 0.3) is 5.91 Å². The highest BCUT2D eigenvalue weighted by Crippen LogP contribution is 2.16. The summed E-state index contributed by atoms with van der Waals surface area (Å²) in [4.78, 5) is 12.3. The lowest BCUT2D eigenvalue weighted by atomic mass is 10.1. The molecule has 2 rings (SSSR count). The molecule has 0 fully saturated rings. The molecule has 0 aliphatic heterocycles. The molecule has 0 aromatic heterocycles. The molecule has 0 aliphatic carbocycles. The Kier molecular flexibility index (Phi) is 6.27. The number of amides is 1. The molecule has 0 spiro atoms. The molecule has 2 aromatic carbocycles. The third kappa shape index (κ3) is 5.37. The normalized spacial score (nSPS) is 11.5. The maximum absolute atomic E-state index is 13.6. The Balaban J connectivity index is 2.15. The number of hydrogen-bond donors (Lipinski definition) is 2. The van der Waals surface area contributed by atoms with Gasteiger partial charge in [-0.1, -0.05) is 32.0 Å². The monoisotopic (exact) mass is 364 g/mol. The third-order valence-electron chi connectivity index (χ3n) is 3.54. The molecular formula is C18H21FN2O3S. The average Bonchev–Trinajstić information content (AvgIpc) is 2.56. The van der Waals surface area contributed by atoms with E-state index in [0.717, 1.165) is 0 Å². The predicted molar refractivity (Wildman–Crippen MR) is 95.4 cm³/mol. The number of sulfonamides is 1. The lowest BCUT2D eigenvalue weighted by Crippen LogP contribution is -2.26. The molecule has 0 saturated heterocycles. The Morgan fingerprint density at radius 3 is 2.52 bits per heavy atom. The quantitative estimate of drug-likeness (QED) is 0.791. The smallest absolute Gasteiger partial charge is 0.255 e. The van der Waals surface area contributed by atoms with Crippen molar-refractivity contribution in [2.24, 2.45) is 5.92 Å². The number of rotatable bonds is 7. The summed E-state index contributed by atoms with van der Waals surface area (Å²) in [5.74, 6) is -0.764. The molecule has 2 N–H and O–H groups in total. The van der Waals surface area contributed by atoms with Gasteiger partial charge in [0.05, 0.1) is 10.6 Å². The number of carbonyl (C=O) groups excluding carboxylic acids is 1. The first-order valence-electron chi connectivity index (χ1n) is 7.95. The van der Waals surface area contributed by atoms with Crippen molar-refractivity contribution in [3.63, 3.8) is 0 Å². The molecule has 0 radical (unpaired) electrons. The Labute approximate surface area is 147 Å². The highest BCUT2D eigenvalue weighted by Gasteiger charge is 2.16. The van der Waals surface area contributed by atoms with Crippen LogP contribution in [0.5, 0.6) is 0 Å². The van der Waals surface area contributed by atoms with Gasteiger partial charge in [0.15, 0.2) is 0 Å². The van der Waals surface area contributed by atoms with E-state index >= 15 is 0 Å². The van der Waals surface area contributed by atoms with Gasteiger partial charge in [-0.3, -0.25) is 4.79 Å². The second-order valence-electron chi connectivity index (χ2n) is 6.04. The summed E-state index contributed by atoms with van der Waals surface area (Å²) in [7, 11) is -3.70. The SMILES string of the molecule is CC(C)CCNS(=O)(=O)c1cccc(C(=O)Nc2ccccc2F)c1. The standard InChI is InChI=1S/C18H21FN2O3S/c1-13(2)10-11-20-25(23,24)15-7-5-6-14(12-15)18(22)21-17-9-4-3-8-16(17)19/h3-9,12-13,20H,10-11H2,1-2H3,(H,21,22). The van der Waals surface area contributed by atoms with Gasteiger partial charge < -0.3 is 5.32 Å². The van der Waals surface area contributed by atoms with Crippen molar-refractivity contribution in [1.29, 1.82) is 0 Å². The molecule has 5 nitrogen and oxygen atoms in total. The van der Waals surface area contributed by atoms with E-state index in [1.807, 2.05) is 13.8 Å². The van der Waals surface area contributed by atoms with Gasteiger partial charge >= 0.3 is 0 Å². The highest BCUT2D eigenvalue weighted by atomic mass is 32.2. The topological polar surface area (TPSA) is 75.3 Å². The number of hydrogen-bond acceptors (Lipinski definition) is 3. The van der Waals surface area contributed by atoms with Crippen LogP contribution in [-0.2, 0) is 10.0 Å². The molecule has 1 amide bonds. The second-order valence-corrected chi connectivity index (χ2v) is 7.81. The van der Waals surface area contributed by atoms with E-state index in [2.05, 4.69) is 10.0 Å². The summed E-state index contributed by atoms with van der Waals surface area (Å²) in [5.41, 5.74) is 0.172. The molecule has 0 atom stereocenters. The van der Waals surface area contributed by atoms with Crippen LogP contribution in [0.25, 0.3) is 0 Å². The van der Waals surface area contributed by atoms with Crippen molar-refractivity contribution in [1.82, 2.24) is 4.72 Å². The molecule has 0 unspecified atom stereocenters. The number of benzene rings is 2. The van der Waals surface area contributed by atoms with E-state index in [4.69, 9.17) is 0 Å². The third-order valence-corrected chi connectivity index (χ3v) is 5.00. The molecule has 0 aliphatic rings. The van der Waals surface area contributed by atoms with Gasteiger partial charge in [0, 0.05) is 12.1 Å². The molecule has 7 heteroatoms. The van der Waals surface area contributed by atoms with Gasteiger partial charge in [-0.05, 0) is 42.7 Å². The fourth-order valence-corrected chi connectivity index (χ4v) is 3.22. The van der Waals surface area contributed by atoms with Crippen LogP contribution in [-0.4, -0.2) is 20.9 Å². The largest absolute Gasteiger partial charge is 0.319 e. The van der Waals surface area contributed by atoms with E-state index in [9.17, 15) is 17.6 Å². The van der Waals surface area contributed by atoms with Crippen molar-refractivity contribution >= 4 is 21.6 Å². The molecule has 0 bridgehead atoms. The summed E-state index contributed by atoms with van der Waals surface area (Å²) < 4.78 is 40.7. The fourth-order valence-electron chi connectivity index (χ4n) is 2.13. The zero-order chi connectivity index (χ0) is 18.4. The summed E-state index contributed by atoms with van der Waals surface area (Å²) in [6, 6.07) is 11.4. The molecule has 0 saturated carbocycles. The Morgan fingerprint density at radius 1 is 1.12 bits per heavy atom. The van der Waals surface area contributed by atoms with Crippen LogP contribution in [0.3, 0.4) is 0 Å². The summed E-state index contributed by atoms with van der Waals surface area (Å²) in [5, 5.41) is 2.43. The molecule has 0 heterocycles. The minimum atomic E-state index is -3.70. The summed E-state index contributed by atoms with van der Waals surface area (Å²) >= 11 is 0. The number of halogens is 1. The number of para-hydroxylation sites is 1. The van der Waals surface area contributed by atoms with Crippen LogP contribution in [0, 0.1) is 11.7 Å². The van der Waals surface area contributed by atoms with Crippen molar-refractivity contribution in [3.8, 4) is 0 Å². The summed E-state index contributed by atoms with van der Waals surface area (Å²) in [6.45, 7) is 4.33. The summed E-state index contributed by atoms with van der Waals surface area (Å²) in [6.07, 6.45) is 0.715. The first-order chi connectivity index (χ1) is 11.8. The minimum Gasteiger partial charge on any atom is -0.319 e.